The third kappa shape index (κ3) is 4.58. The van der Waals surface area contributed by atoms with Crippen molar-refractivity contribution in [3.63, 3.8) is 0 Å². The van der Waals surface area contributed by atoms with E-state index in [2.05, 4.69) is 21.2 Å². The van der Waals surface area contributed by atoms with Crippen LogP contribution in [0.3, 0.4) is 0 Å². The third-order valence-electron chi connectivity index (χ3n) is 3.64. The fourth-order valence-corrected chi connectivity index (χ4v) is 5.75. The molecule has 1 N–H and O–H groups in total. The quantitative estimate of drug-likeness (QED) is 0.773. The molecule has 0 unspecified atom stereocenters. The molecule has 0 saturated carbocycles. The predicted molar refractivity (Wildman–Crippen MR) is 96.5 cm³/mol. The predicted octanol–water partition coefficient (Wildman–Crippen LogP) is 3.68. The zero-order valence-corrected chi connectivity index (χ0v) is 16.4. The van der Waals surface area contributed by atoms with E-state index >= 15 is 0 Å². The van der Waals surface area contributed by atoms with Crippen molar-refractivity contribution in [2.45, 2.75) is 37.1 Å². The number of rotatable bonds is 5. The van der Waals surface area contributed by atoms with Crippen molar-refractivity contribution in [3.05, 3.63) is 27.7 Å². The first-order valence-corrected chi connectivity index (χ1v) is 9.75. The van der Waals surface area contributed by atoms with Crippen molar-refractivity contribution in [1.29, 1.82) is 0 Å². The fourth-order valence-electron chi connectivity index (χ4n) is 2.62. The lowest BCUT2D eigenvalue weighted by Gasteiger charge is -2.33. The molecule has 0 spiro atoms. The van der Waals surface area contributed by atoms with Gasteiger partial charge in [-0.25, -0.2) is 8.42 Å². The number of hydrogen-bond acceptors (Lipinski definition) is 3. The van der Waals surface area contributed by atoms with Gasteiger partial charge in [0, 0.05) is 22.1 Å². The van der Waals surface area contributed by atoms with E-state index < -0.39 is 10.0 Å². The van der Waals surface area contributed by atoms with Crippen LogP contribution in [0.4, 0.5) is 0 Å². The van der Waals surface area contributed by atoms with Crippen LogP contribution in [0.2, 0.25) is 5.02 Å². The van der Waals surface area contributed by atoms with Crippen LogP contribution >= 0.6 is 39.9 Å². The second-order valence-corrected chi connectivity index (χ2v) is 8.32. The molecule has 1 aromatic carbocycles. The molecular formula is C14H21BrCl2N2O2S. The van der Waals surface area contributed by atoms with Crippen LogP contribution in [0.15, 0.2) is 27.6 Å². The van der Waals surface area contributed by atoms with Crippen LogP contribution in [0.5, 0.6) is 0 Å². The minimum atomic E-state index is -3.51. The molecule has 1 saturated heterocycles. The normalized spacial score (nSPS) is 16.5. The summed E-state index contributed by atoms with van der Waals surface area (Å²) in [6, 6.07) is 4.89. The lowest BCUT2D eigenvalue weighted by molar-refractivity contribution is 0.262. The van der Waals surface area contributed by atoms with Gasteiger partial charge in [-0.15, -0.1) is 12.4 Å². The van der Waals surface area contributed by atoms with E-state index in [1.807, 2.05) is 6.92 Å². The van der Waals surface area contributed by atoms with Crippen LogP contribution in [0, 0.1) is 0 Å². The van der Waals surface area contributed by atoms with Gasteiger partial charge < -0.3 is 5.32 Å². The molecule has 0 atom stereocenters. The number of nitrogens with zero attached hydrogens (tertiary/aromatic N) is 1. The molecule has 1 fully saturated rings. The number of piperidine rings is 1. The zero-order valence-electron chi connectivity index (χ0n) is 12.4. The summed E-state index contributed by atoms with van der Waals surface area (Å²) in [5.74, 6) is 0. The summed E-state index contributed by atoms with van der Waals surface area (Å²) < 4.78 is 28.1. The minimum Gasteiger partial charge on any atom is -0.317 e. The lowest BCUT2D eigenvalue weighted by Crippen LogP contribution is -2.46. The van der Waals surface area contributed by atoms with Gasteiger partial charge in [-0.1, -0.05) is 18.5 Å². The van der Waals surface area contributed by atoms with E-state index in [9.17, 15) is 8.42 Å². The summed E-state index contributed by atoms with van der Waals surface area (Å²) in [5.41, 5.74) is 0. The molecule has 126 valence electrons. The molecule has 8 heteroatoms. The van der Waals surface area contributed by atoms with Crippen LogP contribution in [-0.4, -0.2) is 38.4 Å². The Kier molecular flexibility index (Phi) is 8.12. The standard InChI is InChI=1S/C14H20BrClN2O2S.ClH/c1-2-9-18(12-5-7-17-8-6-12)21(19,20)14-4-3-11(16)10-13(14)15;/h3-4,10,12,17H,2,5-9H2,1H3;1H. The zero-order chi connectivity index (χ0) is 15.5. The summed E-state index contributed by atoms with van der Waals surface area (Å²) >= 11 is 9.23. The molecular weight excluding hydrogens is 411 g/mol. The highest BCUT2D eigenvalue weighted by Gasteiger charge is 2.32. The van der Waals surface area contributed by atoms with E-state index in [0.717, 1.165) is 32.4 Å². The van der Waals surface area contributed by atoms with Crippen molar-refractivity contribution in [3.8, 4) is 0 Å². The highest BCUT2D eigenvalue weighted by Crippen LogP contribution is 2.30. The highest BCUT2D eigenvalue weighted by atomic mass is 79.9. The maximum absolute atomic E-state index is 13.0. The van der Waals surface area contributed by atoms with Crippen LogP contribution in [0.25, 0.3) is 0 Å². The molecule has 1 aliphatic heterocycles. The average molecular weight is 432 g/mol. The Balaban J connectivity index is 0.00000242. The first-order valence-electron chi connectivity index (χ1n) is 7.14. The molecule has 4 nitrogen and oxygen atoms in total. The van der Waals surface area contributed by atoms with Crippen molar-refractivity contribution in [2.75, 3.05) is 19.6 Å². The molecule has 2 rings (SSSR count). The number of nitrogens with one attached hydrogen (secondary N) is 1. The van der Waals surface area contributed by atoms with E-state index in [1.54, 1.807) is 22.5 Å². The maximum Gasteiger partial charge on any atom is 0.244 e. The Hall–Kier alpha value is 0.150. The number of halogens is 3. The van der Waals surface area contributed by atoms with Crippen molar-refractivity contribution >= 4 is 50.0 Å². The molecule has 1 heterocycles. The van der Waals surface area contributed by atoms with Gasteiger partial charge in [-0.2, -0.15) is 4.31 Å². The first-order chi connectivity index (χ1) is 9.96. The monoisotopic (exact) mass is 430 g/mol. The Morgan fingerprint density at radius 2 is 2.00 bits per heavy atom. The molecule has 22 heavy (non-hydrogen) atoms. The van der Waals surface area contributed by atoms with Gasteiger partial charge in [0.25, 0.3) is 0 Å². The molecule has 1 aromatic rings. The Morgan fingerprint density at radius 3 is 2.55 bits per heavy atom. The van der Waals surface area contributed by atoms with Gasteiger partial charge in [-0.05, 0) is 66.5 Å². The number of hydrogen-bond donors (Lipinski definition) is 1. The van der Waals surface area contributed by atoms with Gasteiger partial charge >= 0.3 is 0 Å². The van der Waals surface area contributed by atoms with E-state index in [-0.39, 0.29) is 18.4 Å². The number of sulfonamides is 1. The summed E-state index contributed by atoms with van der Waals surface area (Å²) in [5, 5.41) is 3.79. The topological polar surface area (TPSA) is 49.4 Å². The van der Waals surface area contributed by atoms with Crippen LogP contribution in [0.1, 0.15) is 26.2 Å². The van der Waals surface area contributed by atoms with Gasteiger partial charge in [0.05, 0.1) is 4.90 Å². The molecule has 0 radical (unpaired) electrons. The minimum absolute atomic E-state index is 0. The Morgan fingerprint density at radius 1 is 1.36 bits per heavy atom. The van der Waals surface area contributed by atoms with Gasteiger partial charge in [0.1, 0.15) is 0 Å². The molecule has 0 aromatic heterocycles. The summed E-state index contributed by atoms with van der Waals surface area (Å²) in [6.45, 7) is 4.27. The maximum atomic E-state index is 13.0. The second-order valence-electron chi connectivity index (χ2n) is 5.17. The van der Waals surface area contributed by atoms with Gasteiger partial charge in [0.2, 0.25) is 10.0 Å². The molecule has 0 aliphatic carbocycles. The summed E-state index contributed by atoms with van der Waals surface area (Å²) in [4.78, 5) is 0.291. The first kappa shape index (κ1) is 20.2. The van der Waals surface area contributed by atoms with Crippen molar-refractivity contribution < 1.29 is 8.42 Å². The molecule has 0 bridgehead atoms. The van der Waals surface area contributed by atoms with Crippen molar-refractivity contribution in [2.24, 2.45) is 0 Å². The average Bonchev–Trinajstić information content (AvgIpc) is 2.45. The Labute approximate surface area is 152 Å². The Bertz CT molecular complexity index is 593. The molecule has 0 amide bonds. The highest BCUT2D eigenvalue weighted by molar-refractivity contribution is 9.10. The van der Waals surface area contributed by atoms with Gasteiger partial charge in [-0.3, -0.25) is 0 Å². The van der Waals surface area contributed by atoms with Gasteiger partial charge in [0.15, 0.2) is 0 Å². The second kappa shape index (κ2) is 8.85. The summed E-state index contributed by atoms with van der Waals surface area (Å²) in [7, 11) is -3.51. The SMILES string of the molecule is CCCN(C1CCNCC1)S(=O)(=O)c1ccc(Cl)cc1Br.Cl. The summed E-state index contributed by atoms with van der Waals surface area (Å²) in [6.07, 6.45) is 2.50. The number of benzene rings is 1. The van der Waals surface area contributed by atoms with Crippen LogP contribution in [-0.2, 0) is 10.0 Å². The smallest absolute Gasteiger partial charge is 0.244 e. The van der Waals surface area contributed by atoms with Crippen molar-refractivity contribution in [1.82, 2.24) is 9.62 Å². The fraction of sp³-hybridized carbons (Fsp3) is 0.571. The van der Waals surface area contributed by atoms with E-state index in [0.29, 0.717) is 20.9 Å². The van der Waals surface area contributed by atoms with E-state index in [4.69, 9.17) is 11.6 Å². The van der Waals surface area contributed by atoms with E-state index in [1.165, 1.54) is 0 Å². The largest absolute Gasteiger partial charge is 0.317 e. The lowest BCUT2D eigenvalue weighted by atomic mass is 10.1. The van der Waals surface area contributed by atoms with Crippen LogP contribution < -0.4 is 5.32 Å². The molecule has 1 aliphatic rings. The third-order valence-corrected chi connectivity index (χ3v) is 6.80.